The molecule has 3 aliphatic rings. The maximum Gasteiger partial charge on any atom is 0.276 e. The molecule has 2 saturated heterocycles. The largest absolute Gasteiger partial charge is 0.354 e. The zero-order valence-corrected chi connectivity index (χ0v) is 22.9. The molecule has 1 amide bonds. The molecule has 5 rings (SSSR count). The van der Waals surface area contributed by atoms with Crippen LogP contribution in [0.2, 0.25) is 5.15 Å². The number of nitrogens with two attached hydrogens (primary N) is 1. The minimum absolute atomic E-state index is 0.00669. The fourth-order valence-corrected chi connectivity index (χ4v) is 6.41. The number of pyridine rings is 1. The van der Waals surface area contributed by atoms with Gasteiger partial charge in [0.2, 0.25) is 5.91 Å². The average molecular weight is 552 g/mol. The molecule has 6 nitrogen and oxygen atoms in total. The highest BCUT2D eigenvalue weighted by atomic mass is 35.5. The summed E-state index contributed by atoms with van der Waals surface area (Å²) in [4.78, 5) is 21.3. The number of alkyl halides is 2. The third-order valence-electron chi connectivity index (χ3n) is 7.30. The van der Waals surface area contributed by atoms with Crippen LogP contribution in [0, 0.1) is 5.92 Å². The normalized spacial score (nSPS) is 19.6. The van der Waals surface area contributed by atoms with Gasteiger partial charge in [-0.3, -0.25) is 4.79 Å². The smallest absolute Gasteiger partial charge is 0.276 e. The van der Waals surface area contributed by atoms with Crippen LogP contribution in [0.1, 0.15) is 50.5 Å². The molecule has 0 bridgehead atoms. The third kappa shape index (κ3) is 6.74. The molecule has 1 saturated carbocycles. The van der Waals surface area contributed by atoms with Gasteiger partial charge in [0.1, 0.15) is 11.0 Å². The topological polar surface area (TPSA) is 65.7 Å². The van der Waals surface area contributed by atoms with Gasteiger partial charge in [0.05, 0.1) is 0 Å². The monoisotopic (exact) mass is 551 g/mol. The number of benzene rings is 1. The Balaban J connectivity index is 0.00000156. The van der Waals surface area contributed by atoms with Crippen LogP contribution >= 0.6 is 23.5 Å². The standard InChI is InChI=1S/C26H31ClF2N4OS.CH5N/c27-23-17-20(26(28,29)19-5-2-1-3-6-19)18-24(30-23)31-13-15-32(16-14-31)35-22-10-8-21(9-11-22)33-12-4-7-25(33)34;1-2/h8-11,17-19H,1-7,12-16H2;2H2,1H3. The van der Waals surface area contributed by atoms with Gasteiger partial charge in [-0.2, -0.15) is 0 Å². The summed E-state index contributed by atoms with van der Waals surface area (Å²) in [5.74, 6) is -2.78. The van der Waals surface area contributed by atoms with Gasteiger partial charge in [-0.05, 0) is 74.7 Å². The predicted molar refractivity (Wildman–Crippen MR) is 147 cm³/mol. The van der Waals surface area contributed by atoms with Crippen molar-refractivity contribution in [2.24, 2.45) is 11.7 Å². The SMILES string of the molecule is CN.O=C1CCCN1c1ccc(SN2CCN(c3cc(C(F)(F)C4CCCCC4)cc(Cl)n3)CC2)cc1. The minimum Gasteiger partial charge on any atom is -0.354 e. The van der Waals surface area contributed by atoms with E-state index in [2.05, 4.69) is 27.2 Å². The Morgan fingerprint density at radius 2 is 1.65 bits per heavy atom. The van der Waals surface area contributed by atoms with Crippen molar-refractivity contribution < 1.29 is 13.6 Å². The number of anilines is 2. The number of nitrogens with zero attached hydrogens (tertiary/aromatic N) is 4. The number of amides is 1. The summed E-state index contributed by atoms with van der Waals surface area (Å²) < 4.78 is 32.8. The summed E-state index contributed by atoms with van der Waals surface area (Å²) in [5, 5.41) is 0.126. The van der Waals surface area contributed by atoms with Crippen molar-refractivity contribution in [1.82, 2.24) is 9.29 Å². The van der Waals surface area contributed by atoms with E-state index in [-0.39, 0.29) is 16.6 Å². The van der Waals surface area contributed by atoms with Crippen molar-refractivity contribution >= 4 is 41.0 Å². The number of hydrogen-bond donors (Lipinski definition) is 1. The third-order valence-corrected chi connectivity index (χ3v) is 8.60. The number of carbonyl (C=O) groups is 1. The first kappa shape index (κ1) is 28.1. The molecule has 1 aromatic carbocycles. The number of rotatable bonds is 6. The highest BCUT2D eigenvalue weighted by molar-refractivity contribution is 7.97. The van der Waals surface area contributed by atoms with E-state index in [0.29, 0.717) is 38.2 Å². The summed E-state index contributed by atoms with van der Waals surface area (Å²) in [6.07, 6.45) is 5.44. The van der Waals surface area contributed by atoms with Crippen molar-refractivity contribution in [3.05, 3.63) is 47.1 Å². The second-order valence-corrected chi connectivity index (χ2v) is 11.2. The Morgan fingerprint density at radius 3 is 2.27 bits per heavy atom. The van der Waals surface area contributed by atoms with Crippen LogP contribution < -0.4 is 15.5 Å². The average Bonchev–Trinajstić information content (AvgIpc) is 3.36. The zero-order chi connectivity index (χ0) is 26.4. The van der Waals surface area contributed by atoms with E-state index in [9.17, 15) is 4.79 Å². The maximum atomic E-state index is 15.3. The Kier molecular flexibility index (Phi) is 9.67. The molecule has 2 N–H and O–H groups in total. The van der Waals surface area contributed by atoms with Gasteiger partial charge < -0.3 is 15.5 Å². The highest BCUT2D eigenvalue weighted by Gasteiger charge is 2.42. The fourth-order valence-electron chi connectivity index (χ4n) is 5.30. The van der Waals surface area contributed by atoms with Crippen LogP contribution in [0.5, 0.6) is 0 Å². The van der Waals surface area contributed by atoms with E-state index in [0.717, 1.165) is 55.9 Å². The van der Waals surface area contributed by atoms with Crippen molar-refractivity contribution in [2.75, 3.05) is 49.6 Å². The first-order chi connectivity index (χ1) is 17.9. The Labute approximate surface area is 227 Å². The van der Waals surface area contributed by atoms with Gasteiger partial charge in [-0.25, -0.2) is 18.1 Å². The highest BCUT2D eigenvalue weighted by Crippen LogP contribution is 2.44. The fraction of sp³-hybridized carbons (Fsp3) is 0.556. The summed E-state index contributed by atoms with van der Waals surface area (Å²) >= 11 is 7.89. The molecule has 0 atom stereocenters. The molecule has 202 valence electrons. The zero-order valence-electron chi connectivity index (χ0n) is 21.3. The van der Waals surface area contributed by atoms with Gasteiger partial charge in [0.25, 0.3) is 5.92 Å². The molecule has 0 spiro atoms. The van der Waals surface area contributed by atoms with Crippen molar-refractivity contribution in [3.63, 3.8) is 0 Å². The number of carbonyl (C=O) groups excluding carboxylic acids is 1. The molecule has 2 aliphatic heterocycles. The summed E-state index contributed by atoms with van der Waals surface area (Å²) in [7, 11) is 1.50. The number of aromatic nitrogens is 1. The number of piperazine rings is 1. The van der Waals surface area contributed by atoms with Crippen LogP contribution in [0.25, 0.3) is 0 Å². The van der Waals surface area contributed by atoms with Crippen molar-refractivity contribution in [2.45, 2.75) is 55.8 Å². The van der Waals surface area contributed by atoms with Gasteiger partial charge in [-0.1, -0.05) is 30.9 Å². The second kappa shape index (κ2) is 12.7. The molecular weight excluding hydrogens is 516 g/mol. The van der Waals surface area contributed by atoms with Crippen LogP contribution in [0.15, 0.2) is 41.3 Å². The molecule has 3 heterocycles. The Hall–Kier alpha value is -1.94. The molecule has 1 aromatic heterocycles. The summed E-state index contributed by atoms with van der Waals surface area (Å²) in [5.41, 5.74) is 5.45. The van der Waals surface area contributed by atoms with E-state index in [1.165, 1.54) is 13.1 Å². The molecule has 10 heteroatoms. The van der Waals surface area contributed by atoms with E-state index in [1.54, 1.807) is 18.0 Å². The van der Waals surface area contributed by atoms with E-state index < -0.39 is 11.8 Å². The number of halogens is 3. The molecule has 2 aromatic rings. The molecule has 0 unspecified atom stereocenters. The van der Waals surface area contributed by atoms with Crippen LogP contribution in [0.3, 0.4) is 0 Å². The Morgan fingerprint density at radius 1 is 0.973 bits per heavy atom. The molecule has 1 aliphatic carbocycles. The minimum atomic E-state index is -2.88. The predicted octanol–water partition coefficient (Wildman–Crippen LogP) is 5.94. The lowest BCUT2D eigenvalue weighted by Crippen LogP contribution is -2.44. The molecular formula is C27H36ClF2N5OS. The van der Waals surface area contributed by atoms with Gasteiger partial charge >= 0.3 is 0 Å². The van der Waals surface area contributed by atoms with Gasteiger partial charge in [0.15, 0.2) is 0 Å². The first-order valence-electron chi connectivity index (χ1n) is 13.1. The summed E-state index contributed by atoms with van der Waals surface area (Å²) in [6, 6.07) is 11.0. The van der Waals surface area contributed by atoms with Gasteiger partial charge in [-0.15, -0.1) is 0 Å². The molecule has 37 heavy (non-hydrogen) atoms. The van der Waals surface area contributed by atoms with Gasteiger partial charge in [0, 0.05) is 61.2 Å². The number of hydrogen-bond acceptors (Lipinski definition) is 6. The van der Waals surface area contributed by atoms with Crippen LogP contribution in [0.4, 0.5) is 20.3 Å². The molecule has 0 radical (unpaired) electrons. The summed E-state index contributed by atoms with van der Waals surface area (Å²) in [6.45, 7) is 3.72. The van der Waals surface area contributed by atoms with Crippen molar-refractivity contribution in [3.8, 4) is 0 Å². The quantitative estimate of drug-likeness (QED) is 0.354. The van der Waals surface area contributed by atoms with Crippen LogP contribution in [-0.2, 0) is 10.7 Å². The second-order valence-electron chi connectivity index (χ2n) is 9.64. The van der Waals surface area contributed by atoms with E-state index in [1.807, 2.05) is 21.9 Å². The van der Waals surface area contributed by atoms with E-state index in [4.69, 9.17) is 11.6 Å². The first-order valence-corrected chi connectivity index (χ1v) is 14.3. The van der Waals surface area contributed by atoms with Crippen molar-refractivity contribution in [1.29, 1.82) is 0 Å². The lowest BCUT2D eigenvalue weighted by atomic mass is 9.82. The molecule has 3 fully saturated rings. The Bertz CT molecular complexity index is 1040. The van der Waals surface area contributed by atoms with E-state index >= 15 is 8.78 Å². The lowest BCUT2D eigenvalue weighted by molar-refractivity contribution is -0.117. The van der Waals surface area contributed by atoms with Crippen LogP contribution in [-0.4, -0.2) is 55.0 Å². The maximum absolute atomic E-state index is 15.3. The lowest BCUT2D eigenvalue weighted by Gasteiger charge is -2.35.